The van der Waals surface area contributed by atoms with Crippen LogP contribution in [0.1, 0.15) is 19.3 Å². The van der Waals surface area contributed by atoms with Crippen LogP contribution in [0.3, 0.4) is 0 Å². The molecule has 0 spiro atoms. The zero-order valence-corrected chi connectivity index (χ0v) is 13.6. The Labute approximate surface area is 131 Å². The highest BCUT2D eigenvalue weighted by molar-refractivity contribution is 7.99. The third-order valence-electron chi connectivity index (χ3n) is 3.78. The van der Waals surface area contributed by atoms with E-state index >= 15 is 0 Å². The van der Waals surface area contributed by atoms with Crippen LogP contribution in [0.5, 0.6) is 5.75 Å². The second-order valence-electron chi connectivity index (χ2n) is 5.21. The van der Waals surface area contributed by atoms with Crippen molar-refractivity contribution in [2.24, 2.45) is 0 Å². The van der Waals surface area contributed by atoms with E-state index in [1.165, 1.54) is 4.90 Å². The Bertz CT molecular complexity index is 450. The first-order chi connectivity index (χ1) is 10.2. The van der Waals surface area contributed by atoms with Crippen molar-refractivity contribution in [3.8, 4) is 5.75 Å². The lowest BCUT2D eigenvalue weighted by molar-refractivity contribution is -0.131. The lowest BCUT2D eigenvalue weighted by Gasteiger charge is -2.24. The van der Waals surface area contributed by atoms with Gasteiger partial charge in [-0.2, -0.15) is 0 Å². The predicted molar refractivity (Wildman–Crippen MR) is 87.0 cm³/mol. The number of likely N-dealkylation sites (N-methyl/N-ethyl adjacent to an activating group) is 1. The molecule has 1 aliphatic rings. The second kappa shape index (κ2) is 8.29. The summed E-state index contributed by atoms with van der Waals surface area (Å²) in [6, 6.07) is 8.36. The number of thioether (sulfide) groups is 1. The molecule has 0 aromatic heterocycles. The first kappa shape index (κ1) is 16.2. The highest BCUT2D eigenvalue weighted by Crippen LogP contribution is 2.23. The van der Waals surface area contributed by atoms with Gasteiger partial charge in [-0.15, -0.1) is 11.8 Å². The van der Waals surface area contributed by atoms with Crippen LogP contribution in [0.25, 0.3) is 0 Å². The SMILES string of the molecule is CNCC1CCCN1C(=O)CCSc1ccc(OC)cc1. The summed E-state index contributed by atoms with van der Waals surface area (Å²) in [4.78, 5) is 15.5. The predicted octanol–water partition coefficient (Wildman–Crippen LogP) is 2.39. The zero-order valence-electron chi connectivity index (χ0n) is 12.8. The van der Waals surface area contributed by atoms with Crippen LogP contribution in [-0.2, 0) is 4.79 Å². The molecule has 4 nitrogen and oxygen atoms in total. The summed E-state index contributed by atoms with van der Waals surface area (Å²) >= 11 is 1.72. The molecule has 1 amide bonds. The maximum atomic E-state index is 12.3. The van der Waals surface area contributed by atoms with E-state index < -0.39 is 0 Å². The van der Waals surface area contributed by atoms with Crippen molar-refractivity contribution in [2.75, 3.05) is 33.0 Å². The van der Waals surface area contributed by atoms with Gasteiger partial charge in [-0.25, -0.2) is 0 Å². The average molecular weight is 308 g/mol. The summed E-state index contributed by atoms with van der Waals surface area (Å²) in [6.07, 6.45) is 2.86. The standard InChI is InChI=1S/C16H24N2O2S/c1-17-12-13-4-3-10-18(13)16(19)9-11-21-15-7-5-14(20-2)6-8-15/h5-8,13,17H,3-4,9-12H2,1-2H3. The Morgan fingerprint density at radius 1 is 1.43 bits per heavy atom. The van der Waals surface area contributed by atoms with Crippen molar-refractivity contribution in [1.82, 2.24) is 10.2 Å². The van der Waals surface area contributed by atoms with Gasteiger partial charge < -0.3 is 15.0 Å². The van der Waals surface area contributed by atoms with E-state index in [4.69, 9.17) is 4.74 Å². The fourth-order valence-corrected chi connectivity index (χ4v) is 3.52. The average Bonchev–Trinajstić information content (AvgIpc) is 2.96. The molecule has 0 bridgehead atoms. The van der Waals surface area contributed by atoms with Crippen molar-refractivity contribution in [3.63, 3.8) is 0 Å². The van der Waals surface area contributed by atoms with Gasteiger partial charge in [0.2, 0.25) is 5.91 Å². The molecule has 5 heteroatoms. The number of hydrogen-bond acceptors (Lipinski definition) is 4. The highest BCUT2D eigenvalue weighted by Gasteiger charge is 2.27. The molecule has 0 aliphatic carbocycles. The molecule has 0 saturated carbocycles. The molecular formula is C16H24N2O2S. The second-order valence-corrected chi connectivity index (χ2v) is 6.38. The number of likely N-dealkylation sites (tertiary alicyclic amines) is 1. The largest absolute Gasteiger partial charge is 0.497 e. The number of carbonyl (C=O) groups is 1. The quantitative estimate of drug-likeness (QED) is 0.785. The van der Waals surface area contributed by atoms with E-state index in [1.54, 1.807) is 18.9 Å². The molecule has 1 atom stereocenters. The van der Waals surface area contributed by atoms with Crippen LogP contribution < -0.4 is 10.1 Å². The summed E-state index contributed by atoms with van der Waals surface area (Å²) in [5.74, 6) is 1.98. The van der Waals surface area contributed by atoms with Gasteiger partial charge >= 0.3 is 0 Å². The van der Waals surface area contributed by atoms with Crippen molar-refractivity contribution in [1.29, 1.82) is 0 Å². The summed E-state index contributed by atoms with van der Waals surface area (Å²) in [6.45, 7) is 1.82. The molecule has 1 aromatic carbocycles. The van der Waals surface area contributed by atoms with E-state index in [0.717, 1.165) is 37.4 Å². The number of nitrogens with zero attached hydrogens (tertiary/aromatic N) is 1. The molecule has 1 unspecified atom stereocenters. The van der Waals surface area contributed by atoms with E-state index in [0.29, 0.717) is 12.5 Å². The third kappa shape index (κ3) is 4.64. The van der Waals surface area contributed by atoms with Gasteiger partial charge in [-0.05, 0) is 44.2 Å². The van der Waals surface area contributed by atoms with Crippen molar-refractivity contribution >= 4 is 17.7 Å². The lowest BCUT2D eigenvalue weighted by Crippen LogP contribution is -2.40. The van der Waals surface area contributed by atoms with Crippen LogP contribution in [-0.4, -0.2) is 49.8 Å². The van der Waals surface area contributed by atoms with Crippen LogP contribution >= 0.6 is 11.8 Å². The van der Waals surface area contributed by atoms with Crippen molar-refractivity contribution in [2.45, 2.75) is 30.2 Å². The molecular weight excluding hydrogens is 284 g/mol. The Kier molecular flexibility index (Phi) is 6.39. The lowest BCUT2D eigenvalue weighted by atomic mass is 10.2. The minimum absolute atomic E-state index is 0.286. The smallest absolute Gasteiger partial charge is 0.223 e. The normalized spacial score (nSPS) is 18.0. The minimum Gasteiger partial charge on any atom is -0.497 e. The maximum Gasteiger partial charge on any atom is 0.223 e. The van der Waals surface area contributed by atoms with Gasteiger partial charge in [0.05, 0.1) is 7.11 Å². The molecule has 1 N–H and O–H groups in total. The summed E-state index contributed by atoms with van der Waals surface area (Å²) < 4.78 is 5.14. The number of rotatable bonds is 7. The Morgan fingerprint density at radius 2 is 2.19 bits per heavy atom. The first-order valence-corrected chi connectivity index (χ1v) is 8.44. The number of benzene rings is 1. The Balaban J connectivity index is 1.75. The fourth-order valence-electron chi connectivity index (χ4n) is 2.68. The zero-order chi connectivity index (χ0) is 15.1. The van der Waals surface area contributed by atoms with Crippen molar-refractivity contribution < 1.29 is 9.53 Å². The molecule has 2 rings (SSSR count). The molecule has 1 heterocycles. The Hall–Kier alpha value is -1.20. The van der Waals surface area contributed by atoms with E-state index in [1.807, 2.05) is 36.2 Å². The van der Waals surface area contributed by atoms with Crippen LogP contribution in [0.15, 0.2) is 29.2 Å². The number of carbonyl (C=O) groups excluding carboxylic acids is 1. The van der Waals surface area contributed by atoms with Gasteiger partial charge in [-0.3, -0.25) is 4.79 Å². The number of ether oxygens (including phenoxy) is 1. The number of hydrogen-bond donors (Lipinski definition) is 1. The van der Waals surface area contributed by atoms with Crippen LogP contribution in [0.4, 0.5) is 0 Å². The van der Waals surface area contributed by atoms with E-state index in [2.05, 4.69) is 5.32 Å². The van der Waals surface area contributed by atoms with Gasteiger partial charge in [-0.1, -0.05) is 0 Å². The van der Waals surface area contributed by atoms with Crippen molar-refractivity contribution in [3.05, 3.63) is 24.3 Å². The molecule has 0 radical (unpaired) electrons. The van der Waals surface area contributed by atoms with Crippen LogP contribution in [0, 0.1) is 0 Å². The van der Waals surface area contributed by atoms with Gasteiger partial charge in [0.1, 0.15) is 5.75 Å². The highest BCUT2D eigenvalue weighted by atomic mass is 32.2. The van der Waals surface area contributed by atoms with Gasteiger partial charge in [0.25, 0.3) is 0 Å². The minimum atomic E-state index is 0.286. The summed E-state index contributed by atoms with van der Waals surface area (Å²) in [7, 11) is 3.61. The molecule has 21 heavy (non-hydrogen) atoms. The fraction of sp³-hybridized carbons (Fsp3) is 0.562. The first-order valence-electron chi connectivity index (χ1n) is 7.45. The van der Waals surface area contributed by atoms with E-state index in [-0.39, 0.29) is 5.91 Å². The van der Waals surface area contributed by atoms with E-state index in [9.17, 15) is 4.79 Å². The molecule has 1 fully saturated rings. The molecule has 1 aliphatic heterocycles. The Morgan fingerprint density at radius 3 is 2.86 bits per heavy atom. The summed E-state index contributed by atoms with van der Waals surface area (Å²) in [5.41, 5.74) is 0. The molecule has 1 saturated heterocycles. The third-order valence-corrected chi connectivity index (χ3v) is 4.80. The number of nitrogens with one attached hydrogen (secondary N) is 1. The molecule has 1 aromatic rings. The monoisotopic (exact) mass is 308 g/mol. The summed E-state index contributed by atoms with van der Waals surface area (Å²) in [5, 5.41) is 3.18. The van der Waals surface area contributed by atoms with Crippen LogP contribution in [0.2, 0.25) is 0 Å². The number of amides is 1. The van der Waals surface area contributed by atoms with Gasteiger partial charge in [0, 0.05) is 36.2 Å². The number of methoxy groups -OCH3 is 1. The maximum absolute atomic E-state index is 12.3. The topological polar surface area (TPSA) is 41.6 Å². The molecule has 116 valence electrons. The van der Waals surface area contributed by atoms with Gasteiger partial charge in [0.15, 0.2) is 0 Å².